The van der Waals surface area contributed by atoms with Crippen LogP contribution in [0.25, 0.3) is 0 Å². The summed E-state index contributed by atoms with van der Waals surface area (Å²) in [5.74, 6) is -2.18. The Bertz CT molecular complexity index is 954. The van der Waals surface area contributed by atoms with Crippen molar-refractivity contribution in [1.29, 1.82) is 0 Å². The van der Waals surface area contributed by atoms with Gasteiger partial charge in [-0.3, -0.25) is 9.59 Å². The zero-order chi connectivity index (χ0) is 21.6. The molecule has 1 aliphatic rings. The third kappa shape index (κ3) is 3.73. The highest BCUT2D eigenvalue weighted by Crippen LogP contribution is 2.51. The molecule has 0 radical (unpaired) electrons. The maximum atomic E-state index is 12.7. The second-order valence-corrected chi connectivity index (χ2v) is 8.23. The lowest BCUT2D eigenvalue weighted by Gasteiger charge is -2.51. The quantitative estimate of drug-likeness (QED) is 0.763. The van der Waals surface area contributed by atoms with Crippen molar-refractivity contribution in [3.05, 3.63) is 59.7 Å². The van der Waals surface area contributed by atoms with E-state index in [0.29, 0.717) is 17.7 Å². The van der Waals surface area contributed by atoms with Gasteiger partial charge in [0.25, 0.3) is 0 Å². The summed E-state index contributed by atoms with van der Waals surface area (Å²) in [4.78, 5) is 25.5. The van der Waals surface area contributed by atoms with Crippen LogP contribution in [0.15, 0.2) is 48.5 Å². The van der Waals surface area contributed by atoms with E-state index in [4.69, 9.17) is 0 Å². The van der Waals surface area contributed by atoms with Crippen LogP contribution in [0.5, 0.6) is 0 Å². The van der Waals surface area contributed by atoms with Crippen molar-refractivity contribution in [3.63, 3.8) is 0 Å². The van der Waals surface area contributed by atoms with Gasteiger partial charge in [-0.05, 0) is 49.6 Å². The van der Waals surface area contributed by atoms with Crippen LogP contribution in [0.2, 0.25) is 0 Å². The average molecular weight is 404 g/mol. The van der Waals surface area contributed by atoms with Gasteiger partial charge in [0.1, 0.15) is 0 Å². The first kappa shape index (κ1) is 20.9. The number of nitrogens with one attached hydrogen (secondary N) is 1. The van der Waals surface area contributed by atoms with Crippen molar-refractivity contribution in [2.24, 2.45) is 0 Å². The molecule has 0 aliphatic carbocycles. The van der Waals surface area contributed by atoms with E-state index in [9.17, 15) is 22.8 Å². The third-order valence-corrected chi connectivity index (χ3v) is 5.46. The van der Waals surface area contributed by atoms with E-state index < -0.39 is 23.0 Å². The fourth-order valence-corrected chi connectivity index (χ4v) is 4.48. The largest absolute Gasteiger partial charge is 0.471 e. The van der Waals surface area contributed by atoms with Crippen LogP contribution in [-0.4, -0.2) is 23.5 Å². The number of halogens is 3. The lowest BCUT2D eigenvalue weighted by molar-refractivity contribution is -0.167. The SMILES string of the molecule is CC(=O)N1c2ccc(NC(=O)C(F)(F)F)cc2C(C)(c2ccccc2)CC1(C)C. The lowest BCUT2D eigenvalue weighted by Crippen LogP contribution is -2.55. The Labute approximate surface area is 167 Å². The average Bonchev–Trinajstić information content (AvgIpc) is 2.61. The molecule has 0 fully saturated rings. The molecule has 2 aromatic carbocycles. The van der Waals surface area contributed by atoms with E-state index in [-0.39, 0.29) is 11.6 Å². The predicted molar refractivity (Wildman–Crippen MR) is 106 cm³/mol. The number of alkyl halides is 3. The first-order chi connectivity index (χ1) is 13.4. The van der Waals surface area contributed by atoms with Gasteiger partial charge in [0, 0.05) is 29.3 Å². The smallest absolute Gasteiger partial charge is 0.318 e. The van der Waals surface area contributed by atoms with Crippen molar-refractivity contribution in [3.8, 4) is 0 Å². The molecule has 2 amide bonds. The number of anilines is 2. The fraction of sp³-hybridized carbons (Fsp3) is 0.364. The standard InChI is InChI=1S/C22H23F3N2O2/c1-14(28)27-18-11-10-16(26-19(29)22(23,24)25)12-17(18)21(4,13-20(27,2)3)15-8-6-5-7-9-15/h5-12H,13H2,1-4H3,(H,26,29). The van der Waals surface area contributed by atoms with Crippen LogP contribution in [0.3, 0.4) is 0 Å². The molecule has 4 nitrogen and oxygen atoms in total. The Morgan fingerprint density at radius 3 is 2.21 bits per heavy atom. The maximum Gasteiger partial charge on any atom is 0.471 e. The molecule has 154 valence electrons. The van der Waals surface area contributed by atoms with Gasteiger partial charge in [0.05, 0.1) is 0 Å². The fourth-order valence-electron chi connectivity index (χ4n) is 4.48. The molecule has 0 spiro atoms. The summed E-state index contributed by atoms with van der Waals surface area (Å²) in [5.41, 5.74) is 1.27. The maximum absolute atomic E-state index is 12.7. The van der Waals surface area contributed by atoms with Crippen molar-refractivity contribution in [1.82, 2.24) is 0 Å². The van der Waals surface area contributed by atoms with E-state index in [1.807, 2.05) is 56.4 Å². The summed E-state index contributed by atoms with van der Waals surface area (Å²) < 4.78 is 38.1. The molecule has 1 unspecified atom stereocenters. The van der Waals surface area contributed by atoms with Gasteiger partial charge in [0.15, 0.2) is 0 Å². The van der Waals surface area contributed by atoms with Gasteiger partial charge in [-0.1, -0.05) is 37.3 Å². The Morgan fingerprint density at radius 2 is 1.66 bits per heavy atom. The molecule has 0 bridgehead atoms. The van der Waals surface area contributed by atoms with E-state index in [0.717, 1.165) is 5.56 Å². The summed E-state index contributed by atoms with van der Waals surface area (Å²) in [7, 11) is 0. The third-order valence-electron chi connectivity index (χ3n) is 5.46. The summed E-state index contributed by atoms with van der Waals surface area (Å²) in [5, 5.41) is 1.92. The predicted octanol–water partition coefficient (Wildman–Crippen LogP) is 5.03. The molecule has 29 heavy (non-hydrogen) atoms. The first-order valence-electron chi connectivity index (χ1n) is 9.25. The van der Waals surface area contributed by atoms with Gasteiger partial charge in [-0.2, -0.15) is 13.2 Å². The lowest BCUT2D eigenvalue weighted by atomic mass is 9.65. The molecule has 0 aromatic heterocycles. The number of carbonyl (C=O) groups excluding carboxylic acids is 2. The number of fused-ring (bicyclic) bond motifs is 1. The molecule has 3 rings (SSSR count). The van der Waals surface area contributed by atoms with Crippen molar-refractivity contribution < 1.29 is 22.8 Å². The van der Waals surface area contributed by atoms with Crippen LogP contribution in [0.1, 0.15) is 45.2 Å². The molecule has 1 atom stereocenters. The van der Waals surface area contributed by atoms with Crippen molar-refractivity contribution in [2.75, 3.05) is 10.2 Å². The van der Waals surface area contributed by atoms with Crippen molar-refractivity contribution >= 4 is 23.2 Å². The first-order valence-corrected chi connectivity index (χ1v) is 9.25. The summed E-state index contributed by atoms with van der Waals surface area (Å²) in [6.07, 6.45) is -4.42. The van der Waals surface area contributed by atoms with Gasteiger partial charge in [0.2, 0.25) is 5.91 Å². The molecule has 0 saturated carbocycles. The Balaban J connectivity index is 2.20. The summed E-state index contributed by atoms with van der Waals surface area (Å²) in [6.45, 7) is 7.42. The van der Waals surface area contributed by atoms with E-state index in [1.54, 1.807) is 11.0 Å². The van der Waals surface area contributed by atoms with Gasteiger partial charge in [-0.25, -0.2) is 0 Å². The molecule has 0 saturated heterocycles. The number of benzene rings is 2. The van der Waals surface area contributed by atoms with Crippen LogP contribution in [-0.2, 0) is 15.0 Å². The minimum absolute atomic E-state index is 0.0384. The normalized spacial score (nSPS) is 20.7. The summed E-state index contributed by atoms with van der Waals surface area (Å²) >= 11 is 0. The highest BCUT2D eigenvalue weighted by Gasteiger charge is 2.47. The highest BCUT2D eigenvalue weighted by atomic mass is 19.4. The van der Waals surface area contributed by atoms with Crippen LogP contribution in [0, 0.1) is 0 Å². The number of amides is 2. The monoisotopic (exact) mass is 404 g/mol. The number of nitrogens with zero attached hydrogens (tertiary/aromatic N) is 1. The second kappa shape index (κ2) is 6.90. The minimum Gasteiger partial charge on any atom is -0.318 e. The van der Waals surface area contributed by atoms with Crippen LogP contribution < -0.4 is 10.2 Å². The van der Waals surface area contributed by atoms with Gasteiger partial charge < -0.3 is 10.2 Å². The number of carbonyl (C=O) groups is 2. The molecular weight excluding hydrogens is 381 g/mol. The molecule has 7 heteroatoms. The zero-order valence-corrected chi connectivity index (χ0v) is 16.7. The summed E-state index contributed by atoms with van der Waals surface area (Å²) in [6, 6.07) is 14.2. The molecule has 1 aliphatic heterocycles. The van der Waals surface area contributed by atoms with Crippen LogP contribution >= 0.6 is 0 Å². The molecule has 1 N–H and O–H groups in total. The Hall–Kier alpha value is -2.83. The van der Waals surface area contributed by atoms with Gasteiger partial charge in [-0.15, -0.1) is 0 Å². The number of hydrogen-bond donors (Lipinski definition) is 1. The van der Waals surface area contributed by atoms with E-state index in [1.165, 1.54) is 19.1 Å². The number of rotatable bonds is 2. The number of hydrogen-bond acceptors (Lipinski definition) is 2. The van der Waals surface area contributed by atoms with Crippen molar-refractivity contribution in [2.45, 2.75) is 51.2 Å². The van der Waals surface area contributed by atoms with E-state index >= 15 is 0 Å². The molecular formula is C22H23F3N2O2. The zero-order valence-electron chi connectivity index (χ0n) is 16.7. The minimum atomic E-state index is -4.98. The highest BCUT2D eigenvalue weighted by molar-refractivity contribution is 5.98. The molecule has 1 heterocycles. The Morgan fingerprint density at radius 1 is 1.03 bits per heavy atom. The molecule has 2 aromatic rings. The van der Waals surface area contributed by atoms with E-state index in [2.05, 4.69) is 0 Å². The Kier molecular flexibility index (Phi) is 4.97. The van der Waals surface area contributed by atoms with Crippen LogP contribution in [0.4, 0.5) is 24.5 Å². The topological polar surface area (TPSA) is 49.4 Å². The van der Waals surface area contributed by atoms with Gasteiger partial charge >= 0.3 is 12.1 Å². The second-order valence-electron chi connectivity index (χ2n) is 8.23.